The minimum absolute atomic E-state index is 0.0320. The predicted octanol–water partition coefficient (Wildman–Crippen LogP) is 1.99. The van der Waals surface area contributed by atoms with E-state index in [-0.39, 0.29) is 19.5 Å². The highest BCUT2D eigenvalue weighted by Gasteiger charge is 2.38. The van der Waals surface area contributed by atoms with Crippen molar-refractivity contribution in [3.05, 3.63) is 40.8 Å². The molecule has 138 valence electrons. The molecule has 9 heteroatoms. The molecule has 0 aliphatic carbocycles. The molecular weight excluding hydrogens is 361 g/mol. The monoisotopic (exact) mass is 379 g/mol. The first-order chi connectivity index (χ1) is 12.4. The summed E-state index contributed by atoms with van der Waals surface area (Å²) in [5.74, 6) is -1.01. The summed E-state index contributed by atoms with van der Waals surface area (Å²) in [5.41, 5.74) is 3.53. The quantitative estimate of drug-likeness (QED) is 0.754. The van der Waals surface area contributed by atoms with Crippen LogP contribution in [-0.4, -0.2) is 50.8 Å². The molecule has 26 heavy (non-hydrogen) atoms. The largest absolute Gasteiger partial charge is 0.465 e. The summed E-state index contributed by atoms with van der Waals surface area (Å²) in [6, 6.07) is 3.77. The van der Waals surface area contributed by atoms with Gasteiger partial charge in [0.05, 0.1) is 28.7 Å². The summed E-state index contributed by atoms with van der Waals surface area (Å²) < 4.78 is 14.4. The number of β-amino-alcohol motifs (C(OH)–C–C–N with tert-alkyl or cyclic N) is 1. The van der Waals surface area contributed by atoms with Gasteiger partial charge in [-0.2, -0.15) is 0 Å². The zero-order valence-electron chi connectivity index (χ0n) is 14.0. The van der Waals surface area contributed by atoms with Crippen molar-refractivity contribution in [1.82, 2.24) is 15.2 Å². The summed E-state index contributed by atoms with van der Waals surface area (Å²) in [4.78, 5) is 29.3. The van der Waals surface area contributed by atoms with Gasteiger partial charge in [0.1, 0.15) is 11.9 Å². The molecular formula is C17H18FN3O4S. The molecule has 2 heterocycles. The molecule has 0 saturated carbocycles. The Morgan fingerprint density at radius 3 is 2.85 bits per heavy atom. The van der Waals surface area contributed by atoms with Gasteiger partial charge in [0, 0.05) is 18.5 Å². The van der Waals surface area contributed by atoms with E-state index in [1.165, 1.54) is 17.4 Å². The third-order valence-electron chi connectivity index (χ3n) is 4.34. The average Bonchev–Trinajstić information content (AvgIpc) is 3.19. The van der Waals surface area contributed by atoms with Crippen molar-refractivity contribution in [2.45, 2.75) is 32.0 Å². The Kier molecular flexibility index (Phi) is 5.19. The number of nitrogens with zero attached hydrogens (tertiary/aromatic N) is 2. The van der Waals surface area contributed by atoms with E-state index >= 15 is 0 Å². The van der Waals surface area contributed by atoms with E-state index in [9.17, 15) is 19.1 Å². The summed E-state index contributed by atoms with van der Waals surface area (Å²) in [6.07, 6.45) is -2.11. The fourth-order valence-electron chi connectivity index (χ4n) is 2.98. The number of likely N-dealkylation sites (tertiary alicyclic amines) is 1. The van der Waals surface area contributed by atoms with E-state index in [0.29, 0.717) is 11.1 Å². The molecule has 3 rings (SSSR count). The highest BCUT2D eigenvalue weighted by atomic mass is 32.1. The normalized spacial score (nSPS) is 19.6. The van der Waals surface area contributed by atoms with Crippen molar-refractivity contribution < 1.29 is 24.2 Å². The molecule has 0 bridgehead atoms. The molecule has 1 saturated heterocycles. The Balaban J connectivity index is 1.67. The number of aromatic nitrogens is 1. The highest BCUT2D eigenvalue weighted by molar-refractivity contribution is 7.13. The zero-order chi connectivity index (χ0) is 18.8. The Bertz CT molecular complexity index is 841. The van der Waals surface area contributed by atoms with Gasteiger partial charge in [-0.05, 0) is 18.6 Å². The van der Waals surface area contributed by atoms with Crippen molar-refractivity contribution in [2.24, 2.45) is 0 Å². The van der Waals surface area contributed by atoms with E-state index in [2.05, 4.69) is 10.3 Å². The summed E-state index contributed by atoms with van der Waals surface area (Å²) >= 11 is 1.42. The summed E-state index contributed by atoms with van der Waals surface area (Å²) in [5, 5.41) is 21.2. The Labute approximate surface area is 153 Å². The fourth-order valence-corrected chi connectivity index (χ4v) is 3.79. The van der Waals surface area contributed by atoms with Crippen LogP contribution in [0.3, 0.4) is 0 Å². The van der Waals surface area contributed by atoms with Crippen molar-refractivity contribution in [3.63, 3.8) is 0 Å². The fraction of sp³-hybridized carbons (Fsp3) is 0.353. The number of halogens is 1. The first-order valence-corrected chi connectivity index (χ1v) is 8.89. The predicted molar refractivity (Wildman–Crippen MR) is 93.2 cm³/mol. The smallest absolute Gasteiger partial charge is 0.408 e. The maximum absolute atomic E-state index is 14.4. The van der Waals surface area contributed by atoms with Crippen LogP contribution in [0.15, 0.2) is 23.7 Å². The van der Waals surface area contributed by atoms with Crippen LogP contribution in [-0.2, 0) is 11.3 Å². The van der Waals surface area contributed by atoms with E-state index in [4.69, 9.17) is 5.11 Å². The topological polar surface area (TPSA) is 103 Å². The molecule has 1 fully saturated rings. The van der Waals surface area contributed by atoms with Gasteiger partial charge in [0.25, 0.3) is 0 Å². The zero-order valence-corrected chi connectivity index (χ0v) is 14.8. The van der Waals surface area contributed by atoms with E-state index in [0.717, 1.165) is 15.5 Å². The third kappa shape index (κ3) is 3.68. The lowest BCUT2D eigenvalue weighted by molar-refractivity contribution is -0.125. The first-order valence-electron chi connectivity index (χ1n) is 8.01. The number of carbonyl (C=O) groups is 2. The number of aryl methyl sites for hydroxylation is 1. The third-order valence-corrected chi connectivity index (χ3v) is 5.32. The molecule has 3 N–H and O–H groups in total. The number of amides is 2. The lowest BCUT2D eigenvalue weighted by Gasteiger charge is -2.20. The average molecular weight is 379 g/mol. The molecule has 0 spiro atoms. The molecule has 0 unspecified atom stereocenters. The van der Waals surface area contributed by atoms with Gasteiger partial charge < -0.3 is 15.5 Å². The number of carboxylic acid groups (broad SMARTS) is 1. The van der Waals surface area contributed by atoms with E-state index < -0.39 is 30.0 Å². The number of nitrogens with one attached hydrogen (secondary N) is 1. The van der Waals surface area contributed by atoms with Crippen LogP contribution in [0.1, 0.15) is 17.7 Å². The molecule has 0 radical (unpaired) electrons. The second-order valence-corrected chi connectivity index (χ2v) is 6.99. The van der Waals surface area contributed by atoms with E-state index in [1.54, 1.807) is 17.6 Å². The molecule has 7 nitrogen and oxygen atoms in total. The van der Waals surface area contributed by atoms with Gasteiger partial charge >= 0.3 is 6.09 Å². The van der Waals surface area contributed by atoms with Crippen molar-refractivity contribution in [1.29, 1.82) is 0 Å². The maximum atomic E-state index is 14.4. The van der Waals surface area contributed by atoms with Crippen LogP contribution in [0, 0.1) is 12.7 Å². The second kappa shape index (κ2) is 7.38. The van der Waals surface area contributed by atoms with Crippen LogP contribution < -0.4 is 5.32 Å². The van der Waals surface area contributed by atoms with Crippen LogP contribution in [0.25, 0.3) is 10.4 Å². The van der Waals surface area contributed by atoms with Crippen LogP contribution >= 0.6 is 11.3 Å². The molecule has 1 aromatic heterocycles. The molecule has 2 atom stereocenters. The summed E-state index contributed by atoms with van der Waals surface area (Å²) in [6.45, 7) is 1.68. The van der Waals surface area contributed by atoms with Crippen LogP contribution in [0.5, 0.6) is 0 Å². The molecule has 2 aromatic rings. The minimum atomic E-state index is -1.27. The number of rotatable bonds is 4. The number of hydrogen-bond acceptors (Lipinski definition) is 5. The standard InChI is InChI=1S/C17H18FN3O4S/c1-9-15(26-8-20-9)10-2-3-11(13(18)4-10)6-19-16(23)14-5-12(22)7-21(14)17(24)25/h2-4,8,12,14,22H,5-7H2,1H3,(H,19,23)(H,24,25)/t12-,14+/m1/s1. The van der Waals surface area contributed by atoms with Crippen molar-refractivity contribution >= 4 is 23.3 Å². The Hall–Kier alpha value is -2.52. The number of aliphatic hydroxyl groups is 1. The number of hydrogen-bond donors (Lipinski definition) is 3. The van der Waals surface area contributed by atoms with E-state index in [1.807, 2.05) is 6.92 Å². The Morgan fingerprint density at radius 1 is 1.46 bits per heavy atom. The number of benzene rings is 1. The SMILES string of the molecule is Cc1ncsc1-c1ccc(CNC(=O)[C@@H]2C[C@@H](O)CN2C(=O)O)c(F)c1. The lowest BCUT2D eigenvalue weighted by atomic mass is 10.1. The molecule has 1 aliphatic rings. The maximum Gasteiger partial charge on any atom is 0.408 e. The lowest BCUT2D eigenvalue weighted by Crippen LogP contribution is -2.45. The van der Waals surface area contributed by atoms with Gasteiger partial charge in [-0.25, -0.2) is 14.2 Å². The van der Waals surface area contributed by atoms with Crippen molar-refractivity contribution in [2.75, 3.05) is 6.54 Å². The minimum Gasteiger partial charge on any atom is -0.465 e. The first kappa shape index (κ1) is 18.3. The van der Waals surface area contributed by atoms with Gasteiger partial charge in [-0.1, -0.05) is 12.1 Å². The molecule has 2 amide bonds. The molecule has 1 aromatic carbocycles. The van der Waals surface area contributed by atoms with Crippen LogP contribution in [0.4, 0.5) is 9.18 Å². The number of carbonyl (C=O) groups excluding carboxylic acids is 1. The molecule has 1 aliphatic heterocycles. The van der Waals surface area contributed by atoms with Gasteiger partial charge in [0.2, 0.25) is 5.91 Å². The van der Waals surface area contributed by atoms with Crippen molar-refractivity contribution in [3.8, 4) is 10.4 Å². The van der Waals surface area contributed by atoms with Gasteiger partial charge in [-0.3, -0.25) is 9.69 Å². The highest BCUT2D eigenvalue weighted by Crippen LogP contribution is 2.28. The summed E-state index contributed by atoms with van der Waals surface area (Å²) in [7, 11) is 0. The van der Waals surface area contributed by atoms with Crippen LogP contribution in [0.2, 0.25) is 0 Å². The van der Waals surface area contributed by atoms with Gasteiger partial charge in [-0.15, -0.1) is 11.3 Å². The van der Waals surface area contributed by atoms with Gasteiger partial charge in [0.15, 0.2) is 0 Å². The second-order valence-electron chi connectivity index (χ2n) is 6.13. The number of thiazole rings is 1. The Morgan fingerprint density at radius 2 is 2.23 bits per heavy atom. The number of aliphatic hydroxyl groups excluding tert-OH is 1.